The molecule has 3 N–H and O–H groups in total. The van der Waals surface area contributed by atoms with Crippen LogP contribution in [-0.2, 0) is 6.54 Å². The van der Waals surface area contributed by atoms with Gasteiger partial charge in [-0.2, -0.15) is 0 Å². The van der Waals surface area contributed by atoms with Gasteiger partial charge in [-0.05, 0) is 23.8 Å². The number of benzene rings is 1. The molecule has 0 saturated carbocycles. The lowest BCUT2D eigenvalue weighted by molar-refractivity contribution is -0.380. The van der Waals surface area contributed by atoms with Gasteiger partial charge in [0.05, 0.1) is 15.6 Å². The fraction of sp³-hybridized carbons (Fsp3) is 0.0833. The van der Waals surface area contributed by atoms with E-state index in [1.54, 1.807) is 17.5 Å². The van der Waals surface area contributed by atoms with Crippen molar-refractivity contribution in [2.75, 3.05) is 5.32 Å². The molecule has 20 heavy (non-hydrogen) atoms. The van der Waals surface area contributed by atoms with Crippen molar-refractivity contribution in [2.45, 2.75) is 6.54 Å². The maximum absolute atomic E-state index is 11.1. The zero-order valence-corrected chi connectivity index (χ0v) is 11.7. The minimum absolute atomic E-state index is 0.0822. The number of nitrogens with zero attached hydrogens (tertiary/aromatic N) is 1. The molecule has 0 saturated heterocycles. The Morgan fingerprint density at radius 1 is 1.45 bits per heavy atom. The lowest BCUT2D eigenvalue weighted by atomic mass is 10.2. The van der Waals surface area contributed by atoms with Gasteiger partial charge in [-0.3, -0.25) is 14.9 Å². The van der Waals surface area contributed by atoms with Crippen LogP contribution < -0.4 is 11.1 Å². The molecule has 1 aromatic carbocycles. The number of nitrogens with two attached hydrogens (primary N) is 1. The van der Waals surface area contributed by atoms with Gasteiger partial charge in [0, 0.05) is 23.6 Å². The Bertz CT molecular complexity index is 672. The Hall–Kier alpha value is -2.12. The number of hydrogen-bond acceptors (Lipinski definition) is 5. The molecule has 2 rings (SSSR count). The number of halogens is 1. The maximum atomic E-state index is 11.1. The molecule has 0 aliphatic carbocycles. The highest BCUT2D eigenvalue weighted by Crippen LogP contribution is 2.26. The summed E-state index contributed by atoms with van der Waals surface area (Å²) in [5.74, 6) is -0.545. The van der Waals surface area contributed by atoms with Crippen LogP contribution in [0.3, 0.4) is 0 Å². The molecule has 1 heterocycles. The van der Waals surface area contributed by atoms with Crippen LogP contribution in [0.5, 0.6) is 0 Å². The van der Waals surface area contributed by atoms with Crippen LogP contribution in [0.25, 0.3) is 0 Å². The molecule has 104 valence electrons. The van der Waals surface area contributed by atoms with Crippen molar-refractivity contribution in [3.63, 3.8) is 0 Å². The first kappa shape index (κ1) is 14.3. The summed E-state index contributed by atoms with van der Waals surface area (Å²) in [4.78, 5) is 21.2. The molecule has 0 aliphatic heterocycles. The molecule has 0 spiro atoms. The number of anilines is 1. The third-order valence-electron chi connectivity index (χ3n) is 2.55. The van der Waals surface area contributed by atoms with E-state index in [2.05, 4.69) is 5.32 Å². The van der Waals surface area contributed by atoms with E-state index in [-0.39, 0.29) is 5.00 Å². The smallest absolute Gasteiger partial charge is 0.324 e. The van der Waals surface area contributed by atoms with Crippen LogP contribution in [0.1, 0.15) is 15.9 Å². The zero-order valence-electron chi connectivity index (χ0n) is 10.1. The van der Waals surface area contributed by atoms with Gasteiger partial charge in [0.1, 0.15) is 0 Å². The number of thiophene rings is 1. The summed E-state index contributed by atoms with van der Waals surface area (Å²) in [6, 6.07) is 6.14. The van der Waals surface area contributed by atoms with E-state index >= 15 is 0 Å². The molecule has 0 atom stereocenters. The number of hydrogen-bond donors (Lipinski definition) is 2. The minimum atomic E-state index is -0.545. The molecule has 0 fully saturated rings. The maximum Gasteiger partial charge on any atom is 0.324 e. The van der Waals surface area contributed by atoms with Gasteiger partial charge in [-0.1, -0.05) is 22.9 Å². The Morgan fingerprint density at radius 2 is 2.20 bits per heavy atom. The van der Waals surface area contributed by atoms with E-state index in [0.29, 0.717) is 22.8 Å². The summed E-state index contributed by atoms with van der Waals surface area (Å²) in [7, 11) is 0. The summed E-state index contributed by atoms with van der Waals surface area (Å²) in [5.41, 5.74) is 6.85. The van der Waals surface area contributed by atoms with Crippen molar-refractivity contribution in [3.05, 3.63) is 55.9 Å². The number of carbonyl (C=O) groups excluding carboxylic acids is 1. The van der Waals surface area contributed by atoms with E-state index < -0.39 is 10.8 Å². The van der Waals surface area contributed by atoms with Gasteiger partial charge < -0.3 is 11.1 Å². The van der Waals surface area contributed by atoms with Crippen LogP contribution in [-0.4, -0.2) is 10.8 Å². The molecule has 1 amide bonds. The zero-order chi connectivity index (χ0) is 14.7. The first-order valence-corrected chi connectivity index (χ1v) is 6.78. The molecule has 0 radical (unpaired) electrons. The third kappa shape index (κ3) is 3.25. The second kappa shape index (κ2) is 5.89. The number of rotatable bonds is 5. The number of nitro groups is 1. The number of nitrogens with one attached hydrogen (secondary N) is 1. The van der Waals surface area contributed by atoms with E-state index in [0.717, 1.165) is 16.9 Å². The molecule has 0 aliphatic rings. The summed E-state index contributed by atoms with van der Waals surface area (Å²) >= 11 is 7.06. The Labute approximate surface area is 123 Å². The van der Waals surface area contributed by atoms with Crippen LogP contribution in [0.15, 0.2) is 29.6 Å². The second-order valence-corrected chi connectivity index (χ2v) is 5.26. The van der Waals surface area contributed by atoms with Crippen LogP contribution in [0.4, 0.5) is 10.7 Å². The molecule has 6 nitrogen and oxygen atoms in total. The van der Waals surface area contributed by atoms with Gasteiger partial charge >= 0.3 is 5.00 Å². The summed E-state index contributed by atoms with van der Waals surface area (Å²) in [6.07, 6.45) is 0. The van der Waals surface area contributed by atoms with Crippen LogP contribution >= 0.6 is 22.9 Å². The quantitative estimate of drug-likeness (QED) is 0.655. The molecular weight excluding hydrogens is 302 g/mol. The summed E-state index contributed by atoms with van der Waals surface area (Å²) in [5, 5.41) is 15.8. The first-order valence-electron chi connectivity index (χ1n) is 5.52. The molecule has 1 aromatic heterocycles. The van der Waals surface area contributed by atoms with E-state index in [9.17, 15) is 14.9 Å². The van der Waals surface area contributed by atoms with E-state index in [1.165, 1.54) is 12.1 Å². The molecule has 0 unspecified atom stereocenters. The van der Waals surface area contributed by atoms with Crippen molar-refractivity contribution in [2.24, 2.45) is 5.73 Å². The summed E-state index contributed by atoms with van der Waals surface area (Å²) < 4.78 is 0. The van der Waals surface area contributed by atoms with Crippen molar-refractivity contribution < 1.29 is 9.72 Å². The third-order valence-corrected chi connectivity index (χ3v) is 3.81. The van der Waals surface area contributed by atoms with Gasteiger partial charge in [0.25, 0.3) is 0 Å². The van der Waals surface area contributed by atoms with Gasteiger partial charge in [-0.25, -0.2) is 0 Å². The largest absolute Gasteiger partial charge is 0.380 e. The lowest BCUT2D eigenvalue weighted by Crippen LogP contribution is -2.11. The molecular formula is C12H10ClN3O3S. The van der Waals surface area contributed by atoms with Gasteiger partial charge in [0.15, 0.2) is 0 Å². The predicted octanol–water partition coefficient (Wildman–Crippen LogP) is 3.02. The van der Waals surface area contributed by atoms with E-state index in [4.69, 9.17) is 17.3 Å². The highest BCUT2D eigenvalue weighted by Gasteiger charge is 2.10. The second-order valence-electron chi connectivity index (χ2n) is 3.96. The number of amides is 1. The van der Waals surface area contributed by atoms with Crippen LogP contribution in [0.2, 0.25) is 5.02 Å². The van der Waals surface area contributed by atoms with Gasteiger partial charge in [0.2, 0.25) is 5.91 Å². The predicted molar refractivity (Wildman–Crippen MR) is 78.3 cm³/mol. The minimum Gasteiger partial charge on any atom is -0.380 e. The van der Waals surface area contributed by atoms with Crippen molar-refractivity contribution in [1.82, 2.24) is 0 Å². The Kier molecular flexibility index (Phi) is 4.21. The molecule has 0 bridgehead atoms. The number of primary amides is 1. The fourth-order valence-corrected chi connectivity index (χ4v) is 2.48. The standard InChI is InChI=1S/C12H10ClN3O3S/c13-9-2-1-8(12(14)17)4-10(9)15-5-7-3-11(16(18)19)20-6-7/h1-4,6,15H,5H2,(H2,14,17). The topological polar surface area (TPSA) is 98.3 Å². The number of carbonyl (C=O) groups is 1. The first-order chi connectivity index (χ1) is 9.47. The Balaban J connectivity index is 2.11. The highest BCUT2D eigenvalue weighted by molar-refractivity contribution is 7.13. The SMILES string of the molecule is NC(=O)c1ccc(Cl)c(NCc2csc([N+](=O)[O-])c2)c1. The molecule has 8 heteroatoms. The Morgan fingerprint density at radius 3 is 2.80 bits per heavy atom. The van der Waals surface area contributed by atoms with Gasteiger partial charge in [-0.15, -0.1) is 0 Å². The fourth-order valence-electron chi connectivity index (χ4n) is 1.56. The van der Waals surface area contributed by atoms with Crippen molar-refractivity contribution in [1.29, 1.82) is 0 Å². The normalized spacial score (nSPS) is 10.2. The lowest BCUT2D eigenvalue weighted by Gasteiger charge is -2.08. The highest BCUT2D eigenvalue weighted by atomic mass is 35.5. The average molecular weight is 312 g/mol. The monoisotopic (exact) mass is 311 g/mol. The van der Waals surface area contributed by atoms with E-state index in [1.807, 2.05) is 0 Å². The van der Waals surface area contributed by atoms with Crippen molar-refractivity contribution >= 4 is 39.5 Å². The van der Waals surface area contributed by atoms with Crippen LogP contribution in [0, 0.1) is 10.1 Å². The molecule has 2 aromatic rings. The van der Waals surface area contributed by atoms with Crippen molar-refractivity contribution in [3.8, 4) is 0 Å². The summed E-state index contributed by atoms with van der Waals surface area (Å²) in [6.45, 7) is 0.367. The average Bonchev–Trinajstić information content (AvgIpc) is 2.86.